The molecule has 16 heavy (non-hydrogen) atoms. The Kier molecular flexibility index (Phi) is 3.55. The first-order valence-corrected chi connectivity index (χ1v) is 6.02. The largest absolute Gasteiger partial charge is 0.465 e. The maximum Gasteiger partial charge on any atom is 0.320 e. The molecule has 1 rings (SSSR count). The van der Waals surface area contributed by atoms with Crippen LogP contribution in [-0.4, -0.2) is 22.2 Å². The monoisotopic (exact) mass is 286 g/mol. The highest BCUT2D eigenvalue weighted by molar-refractivity contribution is 6.77. The second kappa shape index (κ2) is 4.04. The molecule has 1 unspecified atom stereocenters. The van der Waals surface area contributed by atoms with Gasteiger partial charge in [0.1, 0.15) is 5.41 Å². The molecule has 1 aliphatic carbocycles. The zero-order chi connectivity index (χ0) is 12.8. The molecule has 0 aromatic rings. The zero-order valence-electron chi connectivity index (χ0n) is 9.27. The number of carbonyl (C=O) groups excluding carboxylic acids is 2. The van der Waals surface area contributed by atoms with Crippen LogP contribution >= 0.6 is 34.8 Å². The number of carbonyl (C=O) groups is 2. The molecule has 92 valence electrons. The van der Waals surface area contributed by atoms with Gasteiger partial charge < -0.3 is 4.74 Å². The Hall–Kier alpha value is 0.01000. The van der Waals surface area contributed by atoms with Gasteiger partial charge in [0.05, 0.1) is 6.61 Å². The fourth-order valence-corrected chi connectivity index (χ4v) is 2.43. The standard InChI is InChI=1S/C10H13Cl3O3/c1-4-16-7(15)9(5-8(9,2)3)6(14)10(11,12)13/h4-5H2,1-3H3. The van der Waals surface area contributed by atoms with Gasteiger partial charge in [-0.2, -0.15) is 0 Å². The van der Waals surface area contributed by atoms with Crippen LogP contribution < -0.4 is 0 Å². The summed E-state index contributed by atoms with van der Waals surface area (Å²) in [6.07, 6.45) is 0.353. The van der Waals surface area contributed by atoms with Gasteiger partial charge in [-0.1, -0.05) is 48.7 Å². The number of ether oxygens (including phenoxy) is 1. The van der Waals surface area contributed by atoms with Crippen molar-refractivity contribution in [2.45, 2.75) is 31.0 Å². The number of esters is 1. The van der Waals surface area contributed by atoms with E-state index in [-0.39, 0.29) is 6.61 Å². The summed E-state index contributed by atoms with van der Waals surface area (Å²) < 4.78 is 2.80. The van der Waals surface area contributed by atoms with Gasteiger partial charge in [-0.25, -0.2) is 0 Å². The highest BCUT2D eigenvalue weighted by Crippen LogP contribution is 2.66. The first kappa shape index (κ1) is 14.1. The van der Waals surface area contributed by atoms with Crippen LogP contribution in [0.4, 0.5) is 0 Å². The minimum atomic E-state index is -2.08. The summed E-state index contributed by atoms with van der Waals surface area (Å²) in [5, 5.41) is 0. The van der Waals surface area contributed by atoms with Crippen LogP contribution in [0.15, 0.2) is 0 Å². The van der Waals surface area contributed by atoms with Gasteiger partial charge >= 0.3 is 5.97 Å². The van der Waals surface area contributed by atoms with Crippen molar-refractivity contribution in [1.29, 1.82) is 0 Å². The summed E-state index contributed by atoms with van der Waals surface area (Å²) in [7, 11) is 0. The number of hydrogen-bond acceptors (Lipinski definition) is 3. The SMILES string of the molecule is CCOC(=O)C1(C(=O)C(Cl)(Cl)Cl)CC1(C)C. The molecule has 6 heteroatoms. The van der Waals surface area contributed by atoms with Crippen molar-refractivity contribution in [2.75, 3.05) is 6.61 Å². The molecule has 1 atom stereocenters. The minimum Gasteiger partial charge on any atom is -0.465 e. The van der Waals surface area contributed by atoms with E-state index in [1.807, 2.05) is 0 Å². The lowest BCUT2D eigenvalue weighted by Gasteiger charge is -2.21. The number of halogens is 3. The van der Waals surface area contributed by atoms with E-state index in [0.29, 0.717) is 6.42 Å². The van der Waals surface area contributed by atoms with Crippen LogP contribution in [-0.2, 0) is 14.3 Å². The van der Waals surface area contributed by atoms with Crippen LogP contribution in [0.3, 0.4) is 0 Å². The average Bonchev–Trinajstić information content (AvgIpc) is 2.68. The molecule has 0 aliphatic heterocycles. The summed E-state index contributed by atoms with van der Waals surface area (Å²) in [4.78, 5) is 23.8. The van der Waals surface area contributed by atoms with Crippen LogP contribution in [0.1, 0.15) is 27.2 Å². The van der Waals surface area contributed by atoms with E-state index < -0.39 is 26.4 Å². The topological polar surface area (TPSA) is 43.4 Å². The molecular weight excluding hydrogens is 274 g/mol. The normalized spacial score (nSPS) is 27.4. The molecule has 0 saturated heterocycles. The van der Waals surface area contributed by atoms with Crippen molar-refractivity contribution in [3.63, 3.8) is 0 Å². The van der Waals surface area contributed by atoms with Crippen molar-refractivity contribution in [1.82, 2.24) is 0 Å². The van der Waals surface area contributed by atoms with Crippen LogP contribution in [0.25, 0.3) is 0 Å². The third kappa shape index (κ3) is 2.05. The smallest absolute Gasteiger partial charge is 0.320 e. The molecule has 1 aliphatic rings. The molecule has 1 saturated carbocycles. The minimum absolute atomic E-state index is 0.198. The van der Waals surface area contributed by atoms with Crippen molar-refractivity contribution in [3.8, 4) is 0 Å². The Morgan fingerprint density at radius 1 is 1.31 bits per heavy atom. The molecule has 0 heterocycles. The lowest BCUT2D eigenvalue weighted by molar-refractivity contribution is -0.155. The second-order valence-electron chi connectivity index (χ2n) is 4.51. The molecule has 0 bridgehead atoms. The predicted molar refractivity (Wildman–Crippen MR) is 62.8 cm³/mol. The lowest BCUT2D eigenvalue weighted by atomic mass is 9.92. The first-order valence-electron chi connectivity index (χ1n) is 4.88. The number of alkyl halides is 3. The summed E-state index contributed by atoms with van der Waals surface area (Å²) in [6, 6.07) is 0. The lowest BCUT2D eigenvalue weighted by Crippen LogP contribution is -2.39. The fraction of sp³-hybridized carbons (Fsp3) is 0.800. The quantitative estimate of drug-likeness (QED) is 0.455. The van der Waals surface area contributed by atoms with Gasteiger partial charge in [-0.3, -0.25) is 9.59 Å². The molecule has 0 radical (unpaired) electrons. The third-order valence-electron chi connectivity index (χ3n) is 3.01. The van der Waals surface area contributed by atoms with E-state index in [1.54, 1.807) is 20.8 Å². The number of ketones is 1. The molecule has 0 amide bonds. The number of hydrogen-bond donors (Lipinski definition) is 0. The summed E-state index contributed by atoms with van der Waals surface area (Å²) in [5.74, 6) is -1.30. The Labute approximate surface area is 109 Å². The Balaban J connectivity index is 3.03. The summed E-state index contributed by atoms with van der Waals surface area (Å²) in [6.45, 7) is 5.42. The van der Waals surface area contributed by atoms with Gasteiger partial charge in [0.2, 0.25) is 9.58 Å². The van der Waals surface area contributed by atoms with E-state index in [4.69, 9.17) is 39.5 Å². The van der Waals surface area contributed by atoms with E-state index in [9.17, 15) is 9.59 Å². The molecule has 1 fully saturated rings. The molecule has 0 spiro atoms. The van der Waals surface area contributed by atoms with Crippen molar-refractivity contribution >= 4 is 46.6 Å². The molecule has 0 aromatic carbocycles. The van der Waals surface area contributed by atoms with E-state index in [2.05, 4.69) is 0 Å². The Morgan fingerprint density at radius 3 is 2.00 bits per heavy atom. The molecular formula is C10H13Cl3O3. The number of rotatable bonds is 3. The predicted octanol–water partition coefficient (Wildman–Crippen LogP) is 2.91. The van der Waals surface area contributed by atoms with E-state index in [0.717, 1.165) is 0 Å². The zero-order valence-corrected chi connectivity index (χ0v) is 11.5. The van der Waals surface area contributed by atoms with Gasteiger partial charge in [0.25, 0.3) is 0 Å². The Bertz CT molecular complexity index is 333. The van der Waals surface area contributed by atoms with Crippen LogP contribution in [0.5, 0.6) is 0 Å². The molecule has 0 N–H and O–H groups in total. The first-order chi connectivity index (χ1) is 7.09. The van der Waals surface area contributed by atoms with Crippen molar-refractivity contribution in [3.05, 3.63) is 0 Å². The molecule has 0 aromatic heterocycles. The van der Waals surface area contributed by atoms with Crippen LogP contribution in [0.2, 0.25) is 0 Å². The van der Waals surface area contributed by atoms with E-state index in [1.165, 1.54) is 0 Å². The highest BCUT2D eigenvalue weighted by Gasteiger charge is 2.74. The van der Waals surface area contributed by atoms with Gasteiger partial charge in [0.15, 0.2) is 0 Å². The average molecular weight is 288 g/mol. The molecule has 3 nitrogen and oxygen atoms in total. The second-order valence-corrected chi connectivity index (χ2v) is 6.79. The third-order valence-corrected chi connectivity index (χ3v) is 3.52. The summed E-state index contributed by atoms with van der Waals surface area (Å²) >= 11 is 16.7. The van der Waals surface area contributed by atoms with Crippen molar-refractivity contribution < 1.29 is 14.3 Å². The van der Waals surface area contributed by atoms with Gasteiger partial charge in [-0.15, -0.1) is 0 Å². The maximum atomic E-state index is 12.0. The van der Waals surface area contributed by atoms with E-state index >= 15 is 0 Å². The van der Waals surface area contributed by atoms with Crippen LogP contribution in [0, 0.1) is 10.8 Å². The fourth-order valence-electron chi connectivity index (χ4n) is 1.94. The maximum absolute atomic E-state index is 12.0. The Morgan fingerprint density at radius 2 is 1.75 bits per heavy atom. The summed E-state index contributed by atoms with van der Waals surface area (Å²) in [5.41, 5.74) is -1.81. The van der Waals surface area contributed by atoms with Gasteiger partial charge in [0, 0.05) is 0 Å². The van der Waals surface area contributed by atoms with Gasteiger partial charge in [-0.05, 0) is 18.8 Å². The number of Topliss-reactive ketones (excluding diaryl/α,β-unsaturated/α-hetero) is 1. The highest BCUT2D eigenvalue weighted by atomic mass is 35.6. The van der Waals surface area contributed by atoms with Crippen molar-refractivity contribution in [2.24, 2.45) is 10.8 Å².